The summed E-state index contributed by atoms with van der Waals surface area (Å²) in [4.78, 5) is 11.8. The Balaban J connectivity index is 1.24. The molecule has 242 valence electrons. The number of nitrogens with zero attached hydrogens (tertiary/aromatic N) is 3. The Labute approximate surface area is 295 Å². The number of pyridine rings is 1. The molecule has 0 atom stereocenters. The Kier molecular flexibility index (Phi) is 7.45. The van der Waals surface area contributed by atoms with E-state index < -0.39 is 9.84 Å². The lowest BCUT2D eigenvalue weighted by Gasteiger charge is -2.40. The molecule has 5 aromatic carbocycles. The molecule has 2 aliphatic rings. The van der Waals surface area contributed by atoms with Crippen LogP contribution in [0.2, 0.25) is 0 Å². The maximum atomic E-state index is 13.4. The molecule has 0 amide bonds. The van der Waals surface area contributed by atoms with Crippen LogP contribution in [0.3, 0.4) is 0 Å². The molecule has 1 aliphatic heterocycles. The minimum atomic E-state index is -3.60. The molecule has 0 saturated heterocycles. The van der Waals surface area contributed by atoms with Crippen LogP contribution in [0.5, 0.6) is 0 Å². The molecule has 7 aromatic rings. The van der Waals surface area contributed by atoms with Gasteiger partial charge in [0.1, 0.15) is 0 Å². The van der Waals surface area contributed by atoms with E-state index in [2.05, 4.69) is 124 Å². The smallest absolute Gasteiger partial charge is 0.206 e. The Hall–Kier alpha value is -5.76. The summed E-state index contributed by atoms with van der Waals surface area (Å²) in [6.45, 7) is 0. The van der Waals surface area contributed by atoms with Gasteiger partial charge in [0.05, 0.1) is 49.4 Å². The standard InChI is InChI=1S/C43H31N3O2S2/c47-50(48,32-15-5-2-6-16-32)33-26-24-30(25-27-33)36-29-35(42-23-12-28-49-42)34-17-11-22-41(43(34)44-36)46-39-20-9-7-18-37(39)45(31-13-3-1-4-14-31)38-19-8-10-21-40(38)46/h1,3-5,7-29H,2,6H2. The van der Waals surface area contributed by atoms with Crippen LogP contribution in [0, 0.1) is 0 Å². The summed E-state index contributed by atoms with van der Waals surface area (Å²) in [5.74, 6) is 0. The molecule has 3 heterocycles. The lowest BCUT2D eigenvalue weighted by Crippen LogP contribution is -2.24. The number of benzene rings is 5. The third kappa shape index (κ3) is 5.05. The summed E-state index contributed by atoms with van der Waals surface area (Å²) < 4.78 is 26.8. The number of allylic oxidation sites excluding steroid dienone is 3. The van der Waals surface area contributed by atoms with E-state index in [0.29, 0.717) is 4.91 Å². The molecule has 0 unspecified atom stereocenters. The molecule has 0 radical (unpaired) electrons. The van der Waals surface area contributed by atoms with Crippen molar-refractivity contribution in [1.82, 2.24) is 4.98 Å². The average Bonchev–Trinajstić information content (AvgIpc) is 3.72. The number of aromatic nitrogens is 1. The number of anilines is 6. The SMILES string of the molecule is O=S(=O)(C1=CCCC=C1)c1ccc(-c2cc(-c3cccs3)c3cccc(N4c5ccccc5N(c5ccccc5)c5ccccc54)c3n2)cc1. The van der Waals surface area contributed by atoms with Crippen LogP contribution in [0.15, 0.2) is 173 Å². The number of thiophene rings is 1. The number of rotatable bonds is 6. The highest BCUT2D eigenvalue weighted by molar-refractivity contribution is 7.95. The third-order valence-electron chi connectivity index (χ3n) is 9.32. The Morgan fingerprint density at radius 3 is 1.92 bits per heavy atom. The first-order valence-corrected chi connectivity index (χ1v) is 19.0. The van der Waals surface area contributed by atoms with Crippen LogP contribution in [0.4, 0.5) is 34.1 Å². The second-order valence-electron chi connectivity index (χ2n) is 12.3. The molecule has 0 fully saturated rings. The van der Waals surface area contributed by atoms with Crippen molar-refractivity contribution in [3.05, 3.63) is 168 Å². The van der Waals surface area contributed by atoms with Gasteiger partial charge in [-0.15, -0.1) is 11.3 Å². The average molecular weight is 686 g/mol. The lowest BCUT2D eigenvalue weighted by molar-refractivity contribution is 0.602. The molecular weight excluding hydrogens is 655 g/mol. The van der Waals surface area contributed by atoms with Crippen molar-refractivity contribution in [3.8, 4) is 21.7 Å². The van der Waals surface area contributed by atoms with Crippen molar-refractivity contribution in [2.75, 3.05) is 9.80 Å². The summed E-state index contributed by atoms with van der Waals surface area (Å²) in [7, 11) is -3.60. The van der Waals surface area contributed by atoms with Gasteiger partial charge in [-0.2, -0.15) is 0 Å². The minimum Gasteiger partial charge on any atom is -0.306 e. The van der Waals surface area contributed by atoms with E-state index in [0.717, 1.165) is 79.6 Å². The fourth-order valence-corrected chi connectivity index (χ4v) is 9.12. The number of sulfone groups is 1. The second kappa shape index (κ2) is 12.3. The molecule has 5 nitrogen and oxygen atoms in total. The summed E-state index contributed by atoms with van der Waals surface area (Å²) in [6.07, 6.45) is 7.03. The molecule has 9 rings (SSSR count). The van der Waals surface area contributed by atoms with Gasteiger partial charge in [0, 0.05) is 27.1 Å². The third-order valence-corrected chi connectivity index (χ3v) is 12.0. The number of hydrogen-bond acceptors (Lipinski definition) is 6. The maximum Gasteiger partial charge on any atom is 0.206 e. The largest absolute Gasteiger partial charge is 0.306 e. The molecule has 7 heteroatoms. The fraction of sp³-hybridized carbons (Fsp3) is 0.0465. The van der Waals surface area contributed by atoms with Crippen molar-refractivity contribution >= 4 is 66.2 Å². The summed E-state index contributed by atoms with van der Waals surface area (Å²) >= 11 is 1.69. The van der Waals surface area contributed by atoms with Gasteiger partial charge in [0.25, 0.3) is 0 Å². The van der Waals surface area contributed by atoms with Gasteiger partial charge in [-0.3, -0.25) is 0 Å². The van der Waals surface area contributed by atoms with Crippen molar-refractivity contribution < 1.29 is 8.42 Å². The predicted molar refractivity (Wildman–Crippen MR) is 207 cm³/mol. The highest BCUT2D eigenvalue weighted by atomic mass is 32.2. The Morgan fingerprint density at radius 2 is 1.28 bits per heavy atom. The first kappa shape index (κ1) is 30.3. The fourth-order valence-electron chi connectivity index (χ4n) is 6.99. The molecule has 0 N–H and O–H groups in total. The van der Waals surface area contributed by atoms with E-state index in [1.165, 1.54) is 0 Å². The van der Waals surface area contributed by atoms with Crippen LogP contribution in [-0.4, -0.2) is 13.4 Å². The van der Waals surface area contributed by atoms with Crippen LogP contribution in [-0.2, 0) is 9.84 Å². The molecular formula is C43H31N3O2S2. The van der Waals surface area contributed by atoms with Gasteiger partial charge in [-0.25, -0.2) is 13.4 Å². The van der Waals surface area contributed by atoms with E-state index in [1.807, 2.05) is 24.3 Å². The van der Waals surface area contributed by atoms with Gasteiger partial charge in [0.2, 0.25) is 9.84 Å². The van der Waals surface area contributed by atoms with E-state index in [-0.39, 0.29) is 4.90 Å². The molecule has 0 saturated carbocycles. The van der Waals surface area contributed by atoms with E-state index in [1.54, 1.807) is 35.6 Å². The highest BCUT2D eigenvalue weighted by Crippen LogP contribution is 2.55. The van der Waals surface area contributed by atoms with Gasteiger partial charge in [0.15, 0.2) is 0 Å². The molecule has 0 spiro atoms. The molecule has 50 heavy (non-hydrogen) atoms. The van der Waals surface area contributed by atoms with E-state index in [4.69, 9.17) is 4.98 Å². The van der Waals surface area contributed by atoms with Gasteiger partial charge >= 0.3 is 0 Å². The molecule has 0 bridgehead atoms. The van der Waals surface area contributed by atoms with Crippen LogP contribution in [0.25, 0.3) is 32.6 Å². The number of para-hydroxylation sites is 6. The van der Waals surface area contributed by atoms with Gasteiger partial charge in [-0.05, 0) is 91.0 Å². The van der Waals surface area contributed by atoms with Crippen molar-refractivity contribution in [2.45, 2.75) is 17.7 Å². The van der Waals surface area contributed by atoms with Crippen molar-refractivity contribution in [3.63, 3.8) is 0 Å². The summed E-state index contributed by atoms with van der Waals surface area (Å²) in [5.41, 5.74) is 9.87. The lowest BCUT2D eigenvalue weighted by atomic mass is 10.00. The van der Waals surface area contributed by atoms with E-state index in [9.17, 15) is 8.42 Å². The number of hydrogen-bond donors (Lipinski definition) is 0. The Morgan fingerprint density at radius 1 is 0.620 bits per heavy atom. The molecule has 2 aromatic heterocycles. The first-order valence-electron chi connectivity index (χ1n) is 16.6. The zero-order valence-corrected chi connectivity index (χ0v) is 28.6. The number of fused-ring (bicyclic) bond motifs is 3. The zero-order valence-electron chi connectivity index (χ0n) is 27.0. The zero-order chi connectivity index (χ0) is 33.7. The van der Waals surface area contributed by atoms with Gasteiger partial charge < -0.3 is 9.80 Å². The first-order chi connectivity index (χ1) is 24.6. The minimum absolute atomic E-state index is 0.281. The van der Waals surface area contributed by atoms with Crippen LogP contribution in [0.1, 0.15) is 12.8 Å². The van der Waals surface area contributed by atoms with Crippen LogP contribution >= 0.6 is 11.3 Å². The summed E-state index contributed by atoms with van der Waals surface area (Å²) in [5, 5.41) is 3.14. The summed E-state index contributed by atoms with van der Waals surface area (Å²) in [6, 6.07) is 47.3. The highest BCUT2D eigenvalue weighted by Gasteiger charge is 2.31. The predicted octanol–water partition coefficient (Wildman–Crippen LogP) is 11.9. The van der Waals surface area contributed by atoms with Gasteiger partial charge in [-0.1, -0.05) is 84.9 Å². The van der Waals surface area contributed by atoms with Crippen LogP contribution < -0.4 is 9.80 Å². The maximum absolute atomic E-state index is 13.4. The second-order valence-corrected chi connectivity index (χ2v) is 15.2. The van der Waals surface area contributed by atoms with E-state index >= 15 is 0 Å². The molecule has 1 aliphatic carbocycles. The normalized spacial score (nSPS) is 14.0. The Bertz CT molecular complexity index is 2510. The quantitative estimate of drug-likeness (QED) is 0.174. The monoisotopic (exact) mass is 685 g/mol. The van der Waals surface area contributed by atoms with Crippen molar-refractivity contribution in [1.29, 1.82) is 0 Å². The van der Waals surface area contributed by atoms with Crippen molar-refractivity contribution in [2.24, 2.45) is 0 Å². The topological polar surface area (TPSA) is 53.5 Å².